The molecule has 6 nitrogen and oxygen atoms in total. The van der Waals surface area contributed by atoms with Gasteiger partial charge in [0.05, 0.1) is 17.1 Å². The average Bonchev–Trinajstić information content (AvgIpc) is 3.32. The molecular formula is C22H32N4O2. The number of likely N-dealkylation sites (tertiary alicyclic amines) is 1. The number of amides is 2. The molecule has 0 unspecified atom stereocenters. The fraction of sp³-hybridized carbons (Fsp3) is 0.591. The van der Waals surface area contributed by atoms with Crippen LogP contribution in [0, 0.1) is 0 Å². The standard InChI is InChI=1S/C22H32N4O2/c1-4-13-24(14-5-2)21(28)16-26-18-11-8-7-10-17(18)23-22(26)19-12-9-15-25(19)20(27)6-3/h7-8,10-11,19H,4-6,9,12-16H2,1-3H3/t19-/m1/s1. The first kappa shape index (κ1) is 20.4. The van der Waals surface area contributed by atoms with E-state index >= 15 is 0 Å². The van der Waals surface area contributed by atoms with E-state index in [0.717, 1.165) is 62.2 Å². The minimum Gasteiger partial charge on any atom is -0.341 e. The Balaban J connectivity index is 1.97. The molecule has 2 amide bonds. The lowest BCUT2D eigenvalue weighted by Gasteiger charge is -2.26. The van der Waals surface area contributed by atoms with Crippen molar-refractivity contribution in [3.05, 3.63) is 30.1 Å². The van der Waals surface area contributed by atoms with Crippen molar-refractivity contribution < 1.29 is 9.59 Å². The van der Waals surface area contributed by atoms with Gasteiger partial charge in [0.1, 0.15) is 12.4 Å². The summed E-state index contributed by atoms with van der Waals surface area (Å²) in [6, 6.07) is 7.91. The van der Waals surface area contributed by atoms with Crippen LogP contribution in [0.2, 0.25) is 0 Å². The summed E-state index contributed by atoms with van der Waals surface area (Å²) in [4.78, 5) is 34.3. The first-order chi connectivity index (χ1) is 13.6. The van der Waals surface area contributed by atoms with Crippen LogP contribution in [0.15, 0.2) is 24.3 Å². The molecule has 2 heterocycles. The van der Waals surface area contributed by atoms with Crippen LogP contribution < -0.4 is 0 Å². The predicted octanol–water partition coefficient (Wildman–Crippen LogP) is 3.76. The van der Waals surface area contributed by atoms with Gasteiger partial charge in [0.2, 0.25) is 11.8 Å². The number of nitrogens with zero attached hydrogens (tertiary/aromatic N) is 4. The van der Waals surface area contributed by atoms with Crippen molar-refractivity contribution in [1.82, 2.24) is 19.4 Å². The summed E-state index contributed by atoms with van der Waals surface area (Å²) < 4.78 is 2.04. The maximum Gasteiger partial charge on any atom is 0.242 e. The molecule has 0 saturated carbocycles. The Kier molecular flexibility index (Phi) is 6.70. The molecule has 1 saturated heterocycles. The second-order valence-corrected chi connectivity index (χ2v) is 7.52. The largest absolute Gasteiger partial charge is 0.341 e. The highest BCUT2D eigenvalue weighted by molar-refractivity contribution is 5.82. The smallest absolute Gasteiger partial charge is 0.242 e. The lowest BCUT2D eigenvalue weighted by molar-refractivity contribution is -0.131. The summed E-state index contributed by atoms with van der Waals surface area (Å²) in [6.45, 7) is 8.70. The van der Waals surface area contributed by atoms with Crippen LogP contribution in [0.3, 0.4) is 0 Å². The molecule has 0 aliphatic carbocycles. The minimum absolute atomic E-state index is 0.0431. The second kappa shape index (κ2) is 9.22. The van der Waals surface area contributed by atoms with Crippen LogP contribution in [-0.4, -0.2) is 50.8 Å². The molecule has 0 bridgehead atoms. The highest BCUT2D eigenvalue weighted by Crippen LogP contribution is 2.34. The van der Waals surface area contributed by atoms with Gasteiger partial charge in [0, 0.05) is 26.1 Å². The van der Waals surface area contributed by atoms with Crippen molar-refractivity contribution >= 4 is 22.8 Å². The van der Waals surface area contributed by atoms with Gasteiger partial charge >= 0.3 is 0 Å². The van der Waals surface area contributed by atoms with Crippen molar-refractivity contribution in [2.45, 2.75) is 65.5 Å². The fourth-order valence-corrected chi connectivity index (χ4v) is 4.19. The third-order valence-corrected chi connectivity index (χ3v) is 5.49. The number of benzene rings is 1. The monoisotopic (exact) mass is 384 g/mol. The van der Waals surface area contributed by atoms with E-state index in [1.54, 1.807) is 0 Å². The molecule has 1 atom stereocenters. The van der Waals surface area contributed by atoms with E-state index in [0.29, 0.717) is 6.42 Å². The number of hydrogen-bond acceptors (Lipinski definition) is 3. The summed E-state index contributed by atoms with van der Waals surface area (Å²) in [5, 5.41) is 0. The molecule has 0 radical (unpaired) electrons. The number of para-hydroxylation sites is 2. The van der Waals surface area contributed by atoms with Crippen LogP contribution in [-0.2, 0) is 16.1 Å². The molecule has 2 aromatic rings. The van der Waals surface area contributed by atoms with Gasteiger partial charge in [-0.25, -0.2) is 4.98 Å². The van der Waals surface area contributed by atoms with Crippen LogP contribution in [0.1, 0.15) is 64.7 Å². The van der Waals surface area contributed by atoms with Crippen molar-refractivity contribution in [3.8, 4) is 0 Å². The van der Waals surface area contributed by atoms with Gasteiger partial charge in [-0.15, -0.1) is 0 Å². The zero-order valence-corrected chi connectivity index (χ0v) is 17.4. The van der Waals surface area contributed by atoms with Crippen LogP contribution in [0.4, 0.5) is 0 Å². The molecular weight excluding hydrogens is 352 g/mol. The topological polar surface area (TPSA) is 58.4 Å². The molecule has 0 spiro atoms. The molecule has 152 valence electrons. The molecule has 0 N–H and O–H groups in total. The number of aromatic nitrogens is 2. The quantitative estimate of drug-likeness (QED) is 0.696. The van der Waals surface area contributed by atoms with E-state index in [1.165, 1.54) is 0 Å². The van der Waals surface area contributed by atoms with Gasteiger partial charge < -0.3 is 14.4 Å². The Bertz CT molecular complexity index is 823. The molecule has 6 heteroatoms. The van der Waals surface area contributed by atoms with Gasteiger partial charge in [0.15, 0.2) is 0 Å². The molecule has 1 aromatic carbocycles. The van der Waals surface area contributed by atoms with Crippen LogP contribution >= 0.6 is 0 Å². The van der Waals surface area contributed by atoms with E-state index < -0.39 is 0 Å². The number of hydrogen-bond donors (Lipinski definition) is 0. The van der Waals surface area contributed by atoms with Crippen molar-refractivity contribution in [3.63, 3.8) is 0 Å². The highest BCUT2D eigenvalue weighted by Gasteiger charge is 2.33. The molecule has 3 rings (SSSR count). The lowest BCUT2D eigenvalue weighted by Crippen LogP contribution is -2.36. The number of rotatable bonds is 8. The van der Waals surface area contributed by atoms with Gasteiger partial charge in [-0.05, 0) is 37.8 Å². The minimum atomic E-state index is -0.0431. The summed E-state index contributed by atoms with van der Waals surface area (Å²) >= 11 is 0. The number of carbonyl (C=O) groups is 2. The van der Waals surface area contributed by atoms with Crippen LogP contribution in [0.5, 0.6) is 0 Å². The SMILES string of the molecule is CCCN(CCC)C(=O)Cn1c([C@H]2CCCN2C(=O)CC)nc2ccccc21. The Labute approximate surface area is 167 Å². The maximum absolute atomic E-state index is 13.1. The third kappa shape index (κ3) is 4.05. The summed E-state index contributed by atoms with van der Waals surface area (Å²) in [6.07, 6.45) is 4.27. The average molecular weight is 385 g/mol. The van der Waals surface area contributed by atoms with E-state index in [9.17, 15) is 9.59 Å². The Morgan fingerprint density at radius 3 is 2.54 bits per heavy atom. The normalized spacial score (nSPS) is 16.7. The highest BCUT2D eigenvalue weighted by atomic mass is 16.2. The summed E-state index contributed by atoms with van der Waals surface area (Å²) in [5.74, 6) is 1.13. The number of fused-ring (bicyclic) bond motifs is 1. The fourth-order valence-electron chi connectivity index (χ4n) is 4.19. The molecule has 1 aromatic heterocycles. The second-order valence-electron chi connectivity index (χ2n) is 7.52. The van der Waals surface area contributed by atoms with Crippen molar-refractivity contribution in [1.29, 1.82) is 0 Å². The van der Waals surface area contributed by atoms with Gasteiger partial charge in [-0.1, -0.05) is 32.9 Å². The van der Waals surface area contributed by atoms with E-state index in [4.69, 9.17) is 4.98 Å². The van der Waals surface area contributed by atoms with E-state index in [2.05, 4.69) is 13.8 Å². The Morgan fingerprint density at radius 2 is 1.86 bits per heavy atom. The molecule has 1 aliphatic rings. The maximum atomic E-state index is 13.1. The van der Waals surface area contributed by atoms with Gasteiger partial charge in [-0.2, -0.15) is 0 Å². The summed E-state index contributed by atoms with van der Waals surface area (Å²) in [5.41, 5.74) is 1.85. The summed E-state index contributed by atoms with van der Waals surface area (Å²) in [7, 11) is 0. The Hall–Kier alpha value is -2.37. The molecule has 28 heavy (non-hydrogen) atoms. The third-order valence-electron chi connectivity index (χ3n) is 5.49. The zero-order valence-electron chi connectivity index (χ0n) is 17.4. The van der Waals surface area contributed by atoms with Crippen molar-refractivity contribution in [2.24, 2.45) is 0 Å². The zero-order chi connectivity index (χ0) is 20.1. The van der Waals surface area contributed by atoms with Gasteiger partial charge in [0.25, 0.3) is 0 Å². The first-order valence-corrected chi connectivity index (χ1v) is 10.6. The number of carbonyl (C=O) groups excluding carboxylic acids is 2. The predicted molar refractivity (Wildman–Crippen MR) is 111 cm³/mol. The first-order valence-electron chi connectivity index (χ1n) is 10.6. The molecule has 1 fully saturated rings. The Morgan fingerprint density at radius 1 is 1.14 bits per heavy atom. The molecule has 1 aliphatic heterocycles. The van der Waals surface area contributed by atoms with Gasteiger partial charge in [-0.3, -0.25) is 9.59 Å². The van der Waals surface area contributed by atoms with Crippen LogP contribution in [0.25, 0.3) is 11.0 Å². The van der Waals surface area contributed by atoms with Crippen molar-refractivity contribution in [2.75, 3.05) is 19.6 Å². The number of imidazole rings is 1. The van der Waals surface area contributed by atoms with E-state index in [1.807, 2.05) is 45.6 Å². The van der Waals surface area contributed by atoms with E-state index in [-0.39, 0.29) is 24.4 Å². The lowest BCUT2D eigenvalue weighted by atomic mass is 10.2.